The Kier molecular flexibility index (Phi) is 8.82. The number of unbranched alkanes of at least 4 members (excludes halogenated alkanes) is 1. The van der Waals surface area contributed by atoms with E-state index in [1.54, 1.807) is 7.11 Å². The molecule has 8 heteroatoms. The average molecular weight is 445 g/mol. The fourth-order valence-corrected chi connectivity index (χ4v) is 4.60. The lowest BCUT2D eigenvalue weighted by Crippen LogP contribution is -2.39. The van der Waals surface area contributed by atoms with E-state index >= 15 is 0 Å². The highest BCUT2D eigenvalue weighted by molar-refractivity contribution is 7.18. The zero-order valence-corrected chi connectivity index (χ0v) is 19.2. The van der Waals surface area contributed by atoms with Gasteiger partial charge in [-0.15, -0.1) is 10.2 Å². The zero-order chi connectivity index (χ0) is 22.1. The van der Waals surface area contributed by atoms with Gasteiger partial charge in [0, 0.05) is 31.0 Å². The second kappa shape index (κ2) is 11.8. The second-order valence-electron chi connectivity index (χ2n) is 7.95. The Hall–Kier alpha value is -2.48. The van der Waals surface area contributed by atoms with E-state index in [0.717, 1.165) is 61.4 Å². The third-order valence-electron chi connectivity index (χ3n) is 5.66. The molecule has 1 saturated carbocycles. The molecule has 1 N–H and O–H groups in total. The number of hydrogen-bond acceptors (Lipinski definition) is 6. The van der Waals surface area contributed by atoms with Crippen LogP contribution in [0.15, 0.2) is 24.3 Å². The second-order valence-corrected chi connectivity index (χ2v) is 8.93. The Morgan fingerprint density at radius 2 is 1.87 bits per heavy atom. The maximum absolute atomic E-state index is 12.9. The van der Waals surface area contributed by atoms with Crippen LogP contribution in [0.3, 0.4) is 0 Å². The molecule has 0 aliphatic heterocycles. The third kappa shape index (κ3) is 6.75. The molecule has 31 heavy (non-hydrogen) atoms. The van der Waals surface area contributed by atoms with Crippen molar-refractivity contribution in [3.05, 3.63) is 24.3 Å². The number of nitrogens with zero attached hydrogens (tertiary/aromatic N) is 3. The van der Waals surface area contributed by atoms with Gasteiger partial charge in [-0.25, -0.2) is 0 Å². The first-order valence-corrected chi connectivity index (χ1v) is 12.0. The van der Waals surface area contributed by atoms with Crippen molar-refractivity contribution >= 4 is 28.3 Å². The normalized spacial score (nSPS) is 14.3. The predicted molar refractivity (Wildman–Crippen MR) is 123 cm³/mol. The smallest absolute Gasteiger partial charge is 0.227 e. The van der Waals surface area contributed by atoms with Gasteiger partial charge in [0.2, 0.25) is 16.9 Å². The number of rotatable bonds is 10. The lowest BCUT2D eigenvalue weighted by atomic mass is 9.88. The summed E-state index contributed by atoms with van der Waals surface area (Å²) < 4.78 is 5.17. The monoisotopic (exact) mass is 444 g/mol. The summed E-state index contributed by atoms with van der Waals surface area (Å²) in [7, 11) is 1.62. The molecule has 1 heterocycles. The summed E-state index contributed by atoms with van der Waals surface area (Å²) in [6.45, 7) is 3.29. The van der Waals surface area contributed by atoms with Crippen molar-refractivity contribution < 1.29 is 14.3 Å². The van der Waals surface area contributed by atoms with Gasteiger partial charge in [0.05, 0.1) is 7.11 Å². The van der Waals surface area contributed by atoms with Crippen molar-refractivity contribution in [2.75, 3.05) is 25.5 Å². The van der Waals surface area contributed by atoms with Crippen LogP contribution in [0.1, 0.15) is 58.3 Å². The summed E-state index contributed by atoms with van der Waals surface area (Å²) in [4.78, 5) is 27.3. The Morgan fingerprint density at radius 3 is 2.55 bits per heavy atom. The molecular weight excluding hydrogens is 412 g/mol. The number of nitrogens with one attached hydrogen (secondary N) is 1. The molecule has 3 rings (SSSR count). The van der Waals surface area contributed by atoms with Crippen LogP contribution in [0.5, 0.6) is 5.75 Å². The van der Waals surface area contributed by atoms with E-state index in [4.69, 9.17) is 4.74 Å². The molecule has 1 aromatic carbocycles. The molecule has 1 aromatic heterocycles. The van der Waals surface area contributed by atoms with Crippen LogP contribution < -0.4 is 10.1 Å². The van der Waals surface area contributed by atoms with Gasteiger partial charge in [-0.05, 0) is 43.5 Å². The molecule has 0 atom stereocenters. The number of ether oxygens (including phenoxy) is 1. The molecule has 0 radical (unpaired) electrons. The van der Waals surface area contributed by atoms with Gasteiger partial charge in [0.25, 0.3) is 0 Å². The Labute approximate surface area is 188 Å². The van der Waals surface area contributed by atoms with Crippen molar-refractivity contribution in [2.45, 2.75) is 58.3 Å². The summed E-state index contributed by atoms with van der Waals surface area (Å²) in [5, 5.41) is 12.3. The third-order valence-corrected chi connectivity index (χ3v) is 6.55. The number of amides is 2. The summed E-state index contributed by atoms with van der Waals surface area (Å²) in [6, 6.07) is 7.55. The first kappa shape index (κ1) is 23.2. The van der Waals surface area contributed by atoms with E-state index in [2.05, 4.69) is 22.4 Å². The van der Waals surface area contributed by atoms with Gasteiger partial charge in [-0.3, -0.25) is 9.59 Å². The number of hydrogen-bond donors (Lipinski definition) is 1. The van der Waals surface area contributed by atoms with E-state index in [9.17, 15) is 9.59 Å². The predicted octanol–water partition coefficient (Wildman–Crippen LogP) is 4.75. The maximum atomic E-state index is 12.9. The van der Waals surface area contributed by atoms with Crippen LogP contribution in [-0.2, 0) is 9.59 Å². The standard InChI is InChI=1S/C23H32N4O3S/c1-3-4-15-27(22(29)18-8-6-5-7-9-18)16-14-20(28)24-23-26-25-21(31-23)17-10-12-19(30-2)13-11-17/h10-13,18H,3-9,14-16H2,1-2H3,(H,24,26,28). The highest BCUT2D eigenvalue weighted by Gasteiger charge is 2.26. The van der Waals surface area contributed by atoms with Crippen molar-refractivity contribution in [3.63, 3.8) is 0 Å². The minimum Gasteiger partial charge on any atom is -0.497 e. The van der Waals surface area contributed by atoms with Crippen molar-refractivity contribution in [1.82, 2.24) is 15.1 Å². The summed E-state index contributed by atoms with van der Waals surface area (Å²) in [5.41, 5.74) is 0.919. The minimum absolute atomic E-state index is 0.129. The number of aromatic nitrogens is 2. The van der Waals surface area contributed by atoms with Gasteiger partial charge >= 0.3 is 0 Å². The molecule has 2 amide bonds. The minimum atomic E-state index is -0.143. The lowest BCUT2D eigenvalue weighted by Gasteiger charge is -2.29. The molecule has 2 aromatic rings. The molecule has 1 aliphatic rings. The van der Waals surface area contributed by atoms with Gasteiger partial charge in [0.15, 0.2) is 0 Å². The van der Waals surface area contributed by atoms with E-state index < -0.39 is 0 Å². The number of carbonyl (C=O) groups is 2. The Balaban J connectivity index is 1.53. The molecule has 0 saturated heterocycles. The van der Waals surface area contributed by atoms with E-state index in [-0.39, 0.29) is 24.2 Å². The summed E-state index contributed by atoms with van der Waals surface area (Å²) >= 11 is 1.33. The Bertz CT molecular complexity index is 847. The molecule has 168 valence electrons. The fraction of sp³-hybridized carbons (Fsp3) is 0.565. The van der Waals surface area contributed by atoms with Gasteiger partial charge in [-0.2, -0.15) is 0 Å². The summed E-state index contributed by atoms with van der Waals surface area (Å²) in [5.74, 6) is 0.982. The largest absolute Gasteiger partial charge is 0.497 e. The van der Waals surface area contributed by atoms with Crippen LogP contribution >= 0.6 is 11.3 Å². The number of benzene rings is 1. The van der Waals surface area contributed by atoms with Crippen molar-refractivity contribution in [2.24, 2.45) is 5.92 Å². The van der Waals surface area contributed by atoms with Crippen LogP contribution in [0, 0.1) is 5.92 Å². The number of carbonyl (C=O) groups excluding carboxylic acids is 2. The molecule has 0 bridgehead atoms. The van der Waals surface area contributed by atoms with Crippen LogP contribution in [-0.4, -0.2) is 47.1 Å². The quantitative estimate of drug-likeness (QED) is 0.572. The van der Waals surface area contributed by atoms with Crippen molar-refractivity contribution in [1.29, 1.82) is 0 Å². The Morgan fingerprint density at radius 1 is 1.13 bits per heavy atom. The van der Waals surface area contributed by atoms with E-state index in [1.807, 2.05) is 29.2 Å². The number of methoxy groups -OCH3 is 1. The first-order valence-electron chi connectivity index (χ1n) is 11.2. The maximum Gasteiger partial charge on any atom is 0.227 e. The van der Waals surface area contributed by atoms with Gasteiger partial charge < -0.3 is 15.0 Å². The fourth-order valence-electron chi connectivity index (χ4n) is 3.83. The molecule has 0 spiro atoms. The molecule has 7 nitrogen and oxygen atoms in total. The SMILES string of the molecule is CCCCN(CCC(=O)Nc1nnc(-c2ccc(OC)cc2)s1)C(=O)C1CCCCC1. The van der Waals surface area contributed by atoms with Crippen LogP contribution in [0.25, 0.3) is 10.6 Å². The molecule has 1 fully saturated rings. The molecular formula is C23H32N4O3S. The van der Waals surface area contributed by atoms with Gasteiger partial charge in [-0.1, -0.05) is 43.9 Å². The van der Waals surface area contributed by atoms with E-state index in [1.165, 1.54) is 17.8 Å². The lowest BCUT2D eigenvalue weighted by molar-refractivity contribution is -0.137. The highest BCUT2D eigenvalue weighted by atomic mass is 32.1. The van der Waals surface area contributed by atoms with Crippen molar-refractivity contribution in [3.8, 4) is 16.3 Å². The van der Waals surface area contributed by atoms with E-state index in [0.29, 0.717) is 11.7 Å². The first-order chi connectivity index (χ1) is 15.1. The topological polar surface area (TPSA) is 84.4 Å². The van der Waals surface area contributed by atoms with Crippen LogP contribution in [0.4, 0.5) is 5.13 Å². The zero-order valence-electron chi connectivity index (χ0n) is 18.4. The number of anilines is 1. The summed E-state index contributed by atoms with van der Waals surface area (Å²) in [6.07, 6.45) is 7.69. The van der Waals surface area contributed by atoms with Gasteiger partial charge in [0.1, 0.15) is 10.8 Å². The highest BCUT2D eigenvalue weighted by Crippen LogP contribution is 2.28. The average Bonchev–Trinajstić information content (AvgIpc) is 3.27. The molecule has 1 aliphatic carbocycles. The molecule has 0 unspecified atom stereocenters. The van der Waals surface area contributed by atoms with Crippen LogP contribution in [0.2, 0.25) is 0 Å².